The van der Waals surface area contributed by atoms with Crippen LogP contribution in [-0.4, -0.2) is 30.9 Å². The molecule has 0 spiro atoms. The number of hydrogen-bond acceptors (Lipinski definition) is 3. The molecular weight excluding hydrogens is 386 g/mol. The van der Waals surface area contributed by atoms with Gasteiger partial charge in [0.25, 0.3) is 5.91 Å². The quantitative estimate of drug-likeness (QED) is 0.668. The van der Waals surface area contributed by atoms with E-state index in [-0.39, 0.29) is 23.8 Å². The lowest BCUT2D eigenvalue weighted by Crippen LogP contribution is -2.35. The highest BCUT2D eigenvalue weighted by molar-refractivity contribution is 6.02. The summed E-state index contributed by atoms with van der Waals surface area (Å²) >= 11 is 0. The second-order valence-electron chi connectivity index (χ2n) is 8.91. The minimum absolute atomic E-state index is 0.00145. The van der Waals surface area contributed by atoms with Crippen LogP contribution < -0.4 is 15.5 Å². The molecular formula is C26H33N3O2. The largest absolute Gasteiger partial charge is 0.371 e. The first-order chi connectivity index (χ1) is 15.1. The van der Waals surface area contributed by atoms with Gasteiger partial charge in [-0.2, -0.15) is 0 Å². The Bertz CT molecular complexity index is 922. The molecule has 2 aromatic carbocycles. The van der Waals surface area contributed by atoms with Gasteiger partial charge < -0.3 is 15.5 Å². The third-order valence-electron chi connectivity index (χ3n) is 6.55. The van der Waals surface area contributed by atoms with Crippen molar-refractivity contribution < 1.29 is 9.59 Å². The van der Waals surface area contributed by atoms with Crippen molar-refractivity contribution in [2.45, 2.75) is 57.9 Å². The third kappa shape index (κ3) is 5.09. The van der Waals surface area contributed by atoms with Gasteiger partial charge >= 0.3 is 0 Å². The lowest BCUT2D eigenvalue weighted by molar-refractivity contribution is -0.117. The molecule has 2 N–H and O–H groups in total. The van der Waals surface area contributed by atoms with Gasteiger partial charge in [-0.05, 0) is 68.7 Å². The number of hydrogen-bond donors (Lipinski definition) is 2. The van der Waals surface area contributed by atoms with Crippen LogP contribution in [0.15, 0.2) is 48.5 Å². The van der Waals surface area contributed by atoms with Crippen molar-refractivity contribution in [3.05, 3.63) is 59.7 Å². The molecule has 31 heavy (non-hydrogen) atoms. The van der Waals surface area contributed by atoms with E-state index in [2.05, 4.69) is 34.6 Å². The second-order valence-corrected chi connectivity index (χ2v) is 8.91. The number of carbonyl (C=O) groups excluding carboxylic acids is 2. The Morgan fingerprint density at radius 3 is 2.52 bits per heavy atom. The van der Waals surface area contributed by atoms with E-state index < -0.39 is 0 Å². The monoisotopic (exact) mass is 419 g/mol. The van der Waals surface area contributed by atoms with Crippen LogP contribution in [0.5, 0.6) is 0 Å². The molecule has 0 unspecified atom stereocenters. The fourth-order valence-corrected chi connectivity index (χ4v) is 4.40. The zero-order valence-electron chi connectivity index (χ0n) is 18.6. The molecule has 2 amide bonds. The summed E-state index contributed by atoms with van der Waals surface area (Å²) in [7, 11) is 0. The normalized spacial score (nSPS) is 21.3. The number of benzene rings is 2. The third-order valence-corrected chi connectivity index (χ3v) is 6.55. The van der Waals surface area contributed by atoms with Gasteiger partial charge in [-0.15, -0.1) is 0 Å². The fourth-order valence-electron chi connectivity index (χ4n) is 4.40. The lowest BCUT2D eigenvalue weighted by Gasteiger charge is -2.31. The predicted octanol–water partition coefficient (Wildman–Crippen LogP) is 4.95. The van der Waals surface area contributed by atoms with Gasteiger partial charge in [-0.25, -0.2) is 0 Å². The zero-order valence-corrected chi connectivity index (χ0v) is 18.6. The van der Waals surface area contributed by atoms with Crippen molar-refractivity contribution in [1.82, 2.24) is 5.32 Å². The summed E-state index contributed by atoms with van der Waals surface area (Å²) in [6.07, 6.45) is 5.29. The summed E-state index contributed by atoms with van der Waals surface area (Å²) in [6.45, 7) is 6.01. The van der Waals surface area contributed by atoms with Crippen molar-refractivity contribution in [2.24, 2.45) is 5.92 Å². The van der Waals surface area contributed by atoms with Crippen LogP contribution in [-0.2, 0) is 4.79 Å². The van der Waals surface area contributed by atoms with Crippen LogP contribution in [0.3, 0.4) is 0 Å². The minimum Gasteiger partial charge on any atom is -0.371 e. The smallest absolute Gasteiger partial charge is 0.253 e. The summed E-state index contributed by atoms with van der Waals surface area (Å²) in [6, 6.07) is 16.1. The summed E-state index contributed by atoms with van der Waals surface area (Å²) < 4.78 is 0. The van der Waals surface area contributed by atoms with Crippen molar-refractivity contribution >= 4 is 23.2 Å². The van der Waals surface area contributed by atoms with Crippen LogP contribution >= 0.6 is 0 Å². The highest BCUT2D eigenvalue weighted by Gasteiger charge is 2.43. The number of anilines is 2. The maximum Gasteiger partial charge on any atom is 0.253 e. The number of piperidine rings is 1. The Hall–Kier alpha value is -2.82. The van der Waals surface area contributed by atoms with Gasteiger partial charge in [0.2, 0.25) is 5.91 Å². The Morgan fingerprint density at radius 1 is 1.06 bits per heavy atom. The molecule has 2 aromatic rings. The molecule has 1 heterocycles. The summed E-state index contributed by atoms with van der Waals surface area (Å²) in [5, 5.41) is 6.15. The standard InChI is InChI=1S/C26H33N3O2/c1-3-18(2)27-26(31)23-16-20(12-13-24(23)29-14-8-5-9-15-29)28-25(30)22-17-21(22)19-10-6-4-7-11-19/h4,6-7,10-13,16,18,21-22H,3,5,8-9,14-15,17H2,1-2H3,(H,27,31)(H,28,30)/t18-,21+,22+/m1/s1. The Morgan fingerprint density at radius 2 is 1.81 bits per heavy atom. The first-order valence-electron chi connectivity index (χ1n) is 11.6. The highest BCUT2D eigenvalue weighted by atomic mass is 16.2. The second kappa shape index (κ2) is 9.54. The average molecular weight is 420 g/mol. The Labute approximate surface area is 185 Å². The minimum atomic E-state index is -0.0698. The molecule has 2 fully saturated rings. The first kappa shape index (κ1) is 21.4. The molecule has 5 heteroatoms. The Balaban J connectivity index is 1.51. The average Bonchev–Trinajstić information content (AvgIpc) is 3.61. The van der Waals surface area contributed by atoms with E-state index in [1.165, 1.54) is 12.0 Å². The number of carbonyl (C=O) groups is 2. The molecule has 2 aliphatic rings. The number of nitrogens with one attached hydrogen (secondary N) is 2. The van der Waals surface area contributed by atoms with E-state index in [1.807, 2.05) is 43.3 Å². The van der Waals surface area contributed by atoms with E-state index in [0.717, 1.165) is 44.5 Å². The first-order valence-corrected chi connectivity index (χ1v) is 11.6. The lowest BCUT2D eigenvalue weighted by atomic mass is 10.0. The maximum atomic E-state index is 13.0. The number of rotatable bonds is 7. The summed E-state index contributed by atoms with van der Waals surface area (Å²) in [4.78, 5) is 28.2. The zero-order chi connectivity index (χ0) is 21.8. The SMILES string of the molecule is CC[C@@H](C)NC(=O)c1cc(NC(=O)[C@H]2C[C@H]2c2ccccc2)ccc1N1CCCCC1. The van der Waals surface area contributed by atoms with Crippen LogP contribution in [0.2, 0.25) is 0 Å². The number of nitrogens with zero attached hydrogens (tertiary/aromatic N) is 1. The van der Waals surface area contributed by atoms with Crippen molar-refractivity contribution in [1.29, 1.82) is 0 Å². The van der Waals surface area contributed by atoms with Crippen LogP contribution in [0.1, 0.15) is 67.8 Å². The Kier molecular flexibility index (Phi) is 6.59. The van der Waals surface area contributed by atoms with Crippen molar-refractivity contribution in [2.75, 3.05) is 23.3 Å². The van der Waals surface area contributed by atoms with E-state index >= 15 is 0 Å². The van der Waals surface area contributed by atoms with Gasteiger partial charge in [0.15, 0.2) is 0 Å². The molecule has 4 rings (SSSR count). The number of amides is 2. The fraction of sp³-hybridized carbons (Fsp3) is 0.462. The summed E-state index contributed by atoms with van der Waals surface area (Å²) in [5.74, 6) is 0.260. The molecule has 1 saturated carbocycles. The highest BCUT2D eigenvalue weighted by Crippen LogP contribution is 2.48. The van der Waals surface area contributed by atoms with E-state index in [0.29, 0.717) is 17.2 Å². The molecule has 1 aliphatic carbocycles. The van der Waals surface area contributed by atoms with E-state index in [4.69, 9.17) is 0 Å². The molecule has 0 bridgehead atoms. The van der Waals surface area contributed by atoms with E-state index in [9.17, 15) is 9.59 Å². The molecule has 3 atom stereocenters. The topological polar surface area (TPSA) is 61.4 Å². The maximum absolute atomic E-state index is 13.0. The van der Waals surface area contributed by atoms with Crippen molar-refractivity contribution in [3.63, 3.8) is 0 Å². The summed E-state index contributed by atoms with van der Waals surface area (Å²) in [5.41, 5.74) is 3.53. The van der Waals surface area contributed by atoms with Gasteiger partial charge in [0.1, 0.15) is 0 Å². The van der Waals surface area contributed by atoms with Gasteiger partial charge in [-0.1, -0.05) is 37.3 Å². The van der Waals surface area contributed by atoms with Gasteiger partial charge in [-0.3, -0.25) is 9.59 Å². The predicted molar refractivity (Wildman–Crippen MR) is 126 cm³/mol. The molecule has 1 saturated heterocycles. The molecule has 164 valence electrons. The van der Waals surface area contributed by atoms with Crippen LogP contribution in [0, 0.1) is 5.92 Å². The van der Waals surface area contributed by atoms with Crippen LogP contribution in [0.25, 0.3) is 0 Å². The van der Waals surface area contributed by atoms with Crippen molar-refractivity contribution in [3.8, 4) is 0 Å². The molecule has 0 radical (unpaired) electrons. The molecule has 5 nitrogen and oxygen atoms in total. The van der Waals surface area contributed by atoms with Gasteiger partial charge in [0.05, 0.1) is 5.56 Å². The van der Waals surface area contributed by atoms with Crippen LogP contribution in [0.4, 0.5) is 11.4 Å². The molecule has 0 aromatic heterocycles. The molecule has 1 aliphatic heterocycles. The van der Waals surface area contributed by atoms with E-state index in [1.54, 1.807) is 0 Å². The van der Waals surface area contributed by atoms with Gasteiger partial charge in [0, 0.05) is 36.4 Å².